The van der Waals surface area contributed by atoms with Crippen molar-refractivity contribution in [1.82, 2.24) is 4.90 Å². The Balaban J connectivity index is 1.87. The maximum absolute atomic E-state index is 12.0. The van der Waals surface area contributed by atoms with Gasteiger partial charge in [-0.1, -0.05) is 0 Å². The highest BCUT2D eigenvalue weighted by Gasteiger charge is 2.60. The standard InChI is InChI=1S/C8H12F3NO/c9-8(10,11)4-12-2-6-1-7(6,3-12)5-13/h6,13H,1-5H2. The molecule has 1 N–H and O–H groups in total. The molecule has 5 heteroatoms. The van der Waals surface area contributed by atoms with Crippen LogP contribution in [0.15, 0.2) is 0 Å². The third-order valence-corrected chi connectivity index (χ3v) is 3.09. The maximum Gasteiger partial charge on any atom is 0.401 e. The lowest BCUT2D eigenvalue weighted by atomic mass is 10.1. The number of nitrogens with zero attached hydrogens (tertiary/aromatic N) is 1. The molecule has 0 bridgehead atoms. The number of halogens is 3. The monoisotopic (exact) mass is 195 g/mol. The predicted octanol–water partition coefficient (Wildman–Crippen LogP) is 0.863. The van der Waals surface area contributed by atoms with Gasteiger partial charge in [-0.25, -0.2) is 0 Å². The third-order valence-electron chi connectivity index (χ3n) is 3.09. The maximum atomic E-state index is 12.0. The SMILES string of the molecule is OCC12CC1CN(CC(F)(F)F)C2. The first-order valence-corrected chi connectivity index (χ1v) is 4.35. The number of piperidine rings is 1. The fraction of sp³-hybridized carbons (Fsp3) is 1.00. The summed E-state index contributed by atoms with van der Waals surface area (Å²) >= 11 is 0. The smallest absolute Gasteiger partial charge is 0.396 e. The van der Waals surface area contributed by atoms with E-state index in [0.717, 1.165) is 6.42 Å². The van der Waals surface area contributed by atoms with E-state index in [9.17, 15) is 13.2 Å². The summed E-state index contributed by atoms with van der Waals surface area (Å²) in [5.41, 5.74) is -0.175. The Morgan fingerprint density at radius 2 is 2.15 bits per heavy atom. The van der Waals surface area contributed by atoms with Gasteiger partial charge in [-0.3, -0.25) is 4.90 Å². The van der Waals surface area contributed by atoms with Crippen LogP contribution in [0.2, 0.25) is 0 Å². The van der Waals surface area contributed by atoms with E-state index in [1.165, 1.54) is 4.90 Å². The van der Waals surface area contributed by atoms with Gasteiger partial charge in [0.1, 0.15) is 0 Å². The van der Waals surface area contributed by atoms with E-state index in [1.54, 1.807) is 0 Å². The quantitative estimate of drug-likeness (QED) is 0.706. The van der Waals surface area contributed by atoms with Crippen LogP contribution >= 0.6 is 0 Å². The van der Waals surface area contributed by atoms with Crippen molar-refractivity contribution in [3.63, 3.8) is 0 Å². The molecule has 2 rings (SSSR count). The van der Waals surface area contributed by atoms with Crippen molar-refractivity contribution in [3.05, 3.63) is 0 Å². The lowest BCUT2D eigenvalue weighted by Crippen LogP contribution is -2.35. The van der Waals surface area contributed by atoms with Crippen molar-refractivity contribution in [2.75, 3.05) is 26.2 Å². The molecule has 2 unspecified atom stereocenters. The van der Waals surface area contributed by atoms with E-state index in [-0.39, 0.29) is 12.0 Å². The summed E-state index contributed by atoms with van der Waals surface area (Å²) < 4.78 is 35.9. The number of hydrogen-bond donors (Lipinski definition) is 1. The van der Waals surface area contributed by atoms with Gasteiger partial charge in [0.05, 0.1) is 13.2 Å². The van der Waals surface area contributed by atoms with Crippen molar-refractivity contribution in [1.29, 1.82) is 0 Å². The van der Waals surface area contributed by atoms with Crippen molar-refractivity contribution < 1.29 is 18.3 Å². The summed E-state index contributed by atoms with van der Waals surface area (Å²) in [5, 5.41) is 8.98. The van der Waals surface area contributed by atoms with Gasteiger partial charge >= 0.3 is 6.18 Å². The molecule has 0 aromatic rings. The van der Waals surface area contributed by atoms with Crippen LogP contribution in [0, 0.1) is 11.3 Å². The fourth-order valence-corrected chi connectivity index (χ4v) is 2.32. The molecule has 13 heavy (non-hydrogen) atoms. The molecule has 0 amide bonds. The van der Waals surface area contributed by atoms with Crippen LogP contribution in [0.25, 0.3) is 0 Å². The second kappa shape index (κ2) is 2.60. The zero-order valence-electron chi connectivity index (χ0n) is 7.14. The molecule has 0 aromatic carbocycles. The van der Waals surface area contributed by atoms with Gasteiger partial charge in [-0.2, -0.15) is 13.2 Å². The minimum atomic E-state index is -4.10. The Kier molecular flexibility index (Phi) is 1.86. The number of alkyl halides is 3. The van der Waals surface area contributed by atoms with Gasteiger partial charge in [0, 0.05) is 18.5 Å². The second-order valence-electron chi connectivity index (χ2n) is 4.21. The summed E-state index contributed by atoms with van der Waals surface area (Å²) in [6.07, 6.45) is -3.20. The van der Waals surface area contributed by atoms with Gasteiger partial charge < -0.3 is 5.11 Å². The van der Waals surface area contributed by atoms with E-state index in [1.807, 2.05) is 0 Å². The summed E-state index contributed by atoms with van der Waals surface area (Å²) in [6.45, 7) is 0.116. The van der Waals surface area contributed by atoms with Crippen LogP contribution < -0.4 is 0 Å². The minimum Gasteiger partial charge on any atom is -0.396 e. The van der Waals surface area contributed by atoms with E-state index in [2.05, 4.69) is 0 Å². The molecule has 0 radical (unpaired) electrons. The number of hydrogen-bond acceptors (Lipinski definition) is 2. The highest BCUT2D eigenvalue weighted by atomic mass is 19.4. The third kappa shape index (κ3) is 1.67. The van der Waals surface area contributed by atoms with Gasteiger partial charge in [-0.15, -0.1) is 0 Å². The Morgan fingerprint density at radius 1 is 1.46 bits per heavy atom. The average Bonchev–Trinajstić information content (AvgIpc) is 2.52. The average molecular weight is 195 g/mol. The number of aliphatic hydroxyl groups is 1. The normalized spacial score (nSPS) is 39.2. The molecule has 2 fully saturated rings. The molecular weight excluding hydrogens is 183 g/mol. The van der Waals surface area contributed by atoms with Crippen LogP contribution in [0.4, 0.5) is 13.2 Å². The molecule has 1 aliphatic carbocycles. The van der Waals surface area contributed by atoms with Crippen molar-refractivity contribution in [2.45, 2.75) is 12.6 Å². The molecule has 2 atom stereocenters. The molecule has 2 nitrogen and oxygen atoms in total. The summed E-state index contributed by atoms with van der Waals surface area (Å²) in [6, 6.07) is 0. The zero-order chi connectivity index (χ0) is 9.69. The Labute approximate surface area is 74.3 Å². The van der Waals surface area contributed by atoms with Gasteiger partial charge in [0.25, 0.3) is 0 Å². The van der Waals surface area contributed by atoms with Crippen molar-refractivity contribution in [3.8, 4) is 0 Å². The summed E-state index contributed by atoms with van der Waals surface area (Å²) in [5.74, 6) is 0.305. The highest BCUT2D eigenvalue weighted by Crippen LogP contribution is 2.57. The van der Waals surface area contributed by atoms with Gasteiger partial charge in [0.15, 0.2) is 0 Å². The second-order valence-corrected chi connectivity index (χ2v) is 4.21. The van der Waals surface area contributed by atoms with Crippen molar-refractivity contribution >= 4 is 0 Å². The largest absolute Gasteiger partial charge is 0.401 e. The molecule has 0 aromatic heterocycles. The molecule has 76 valence electrons. The molecule has 1 saturated carbocycles. The van der Waals surface area contributed by atoms with Crippen LogP contribution in [-0.2, 0) is 0 Å². The lowest BCUT2D eigenvalue weighted by Gasteiger charge is -2.20. The van der Waals surface area contributed by atoms with E-state index < -0.39 is 12.7 Å². The predicted molar refractivity (Wildman–Crippen MR) is 40.1 cm³/mol. The number of aliphatic hydroxyl groups excluding tert-OH is 1. The van der Waals surface area contributed by atoms with Gasteiger partial charge in [-0.05, 0) is 12.3 Å². The lowest BCUT2D eigenvalue weighted by molar-refractivity contribution is -0.145. The van der Waals surface area contributed by atoms with Crippen LogP contribution in [-0.4, -0.2) is 42.4 Å². The molecular formula is C8H12F3NO. The van der Waals surface area contributed by atoms with Crippen LogP contribution in [0.1, 0.15) is 6.42 Å². The van der Waals surface area contributed by atoms with Crippen LogP contribution in [0.3, 0.4) is 0 Å². The number of rotatable bonds is 2. The molecule has 1 saturated heterocycles. The first kappa shape index (κ1) is 9.27. The molecule has 2 aliphatic rings. The van der Waals surface area contributed by atoms with Crippen molar-refractivity contribution in [2.24, 2.45) is 11.3 Å². The van der Waals surface area contributed by atoms with Gasteiger partial charge in [0.2, 0.25) is 0 Å². The van der Waals surface area contributed by atoms with E-state index in [4.69, 9.17) is 5.11 Å². The summed E-state index contributed by atoms with van der Waals surface area (Å²) in [7, 11) is 0. The highest BCUT2D eigenvalue weighted by molar-refractivity contribution is 5.10. The molecule has 0 spiro atoms. The molecule has 1 aliphatic heterocycles. The van der Waals surface area contributed by atoms with E-state index in [0.29, 0.717) is 19.0 Å². The number of likely N-dealkylation sites (tertiary alicyclic amines) is 1. The fourth-order valence-electron chi connectivity index (χ4n) is 2.32. The Morgan fingerprint density at radius 3 is 2.62 bits per heavy atom. The Bertz CT molecular complexity index is 214. The molecule has 1 heterocycles. The first-order chi connectivity index (χ1) is 5.95. The van der Waals surface area contributed by atoms with E-state index >= 15 is 0 Å². The van der Waals surface area contributed by atoms with Crippen LogP contribution in [0.5, 0.6) is 0 Å². The topological polar surface area (TPSA) is 23.5 Å². The number of fused-ring (bicyclic) bond motifs is 1. The summed E-state index contributed by atoms with van der Waals surface area (Å²) in [4.78, 5) is 1.39. The Hall–Kier alpha value is -0.290. The minimum absolute atomic E-state index is 0.0338. The first-order valence-electron chi connectivity index (χ1n) is 4.35. The zero-order valence-corrected chi connectivity index (χ0v) is 7.14.